The number of esters is 2. The third-order valence-electron chi connectivity index (χ3n) is 2.98. The number of ether oxygens (including phenoxy) is 4. The van der Waals surface area contributed by atoms with Gasteiger partial charge in [0.25, 0.3) is 0 Å². The molecule has 2 fully saturated rings. The maximum Gasteiger partial charge on any atom is 0.417 e. The van der Waals surface area contributed by atoms with Crippen molar-refractivity contribution >= 4 is 11.9 Å². The second kappa shape index (κ2) is 8.15. The van der Waals surface area contributed by atoms with Gasteiger partial charge in [0.2, 0.25) is 0 Å². The SMILES string of the molecule is O=C(OCC1CNCCO1)C(=O)OCC1CNCCO1. The zero-order chi connectivity index (χ0) is 14.2. The van der Waals surface area contributed by atoms with E-state index in [4.69, 9.17) is 18.9 Å². The van der Waals surface area contributed by atoms with Crippen molar-refractivity contribution in [2.45, 2.75) is 12.2 Å². The van der Waals surface area contributed by atoms with Gasteiger partial charge in [-0.25, -0.2) is 9.59 Å². The molecule has 2 saturated heterocycles. The summed E-state index contributed by atoms with van der Waals surface area (Å²) in [6.07, 6.45) is -0.433. The summed E-state index contributed by atoms with van der Waals surface area (Å²) in [7, 11) is 0. The lowest BCUT2D eigenvalue weighted by Gasteiger charge is -2.23. The van der Waals surface area contributed by atoms with E-state index in [1.54, 1.807) is 0 Å². The van der Waals surface area contributed by atoms with E-state index in [0.717, 1.165) is 13.1 Å². The molecule has 2 N–H and O–H groups in total. The number of hydrogen-bond donors (Lipinski definition) is 2. The Labute approximate surface area is 117 Å². The predicted molar refractivity (Wildman–Crippen MR) is 67.1 cm³/mol. The Morgan fingerprint density at radius 2 is 1.35 bits per heavy atom. The molecule has 0 radical (unpaired) electrons. The van der Waals surface area contributed by atoms with Crippen molar-refractivity contribution in [1.82, 2.24) is 10.6 Å². The van der Waals surface area contributed by atoms with Crippen LogP contribution in [0.1, 0.15) is 0 Å². The minimum atomic E-state index is -0.997. The highest BCUT2D eigenvalue weighted by Gasteiger charge is 2.23. The molecule has 0 amide bonds. The van der Waals surface area contributed by atoms with Crippen LogP contribution >= 0.6 is 0 Å². The van der Waals surface area contributed by atoms with Crippen LogP contribution in [0.2, 0.25) is 0 Å². The molecule has 114 valence electrons. The summed E-state index contributed by atoms with van der Waals surface area (Å²) < 4.78 is 20.4. The van der Waals surface area contributed by atoms with Crippen molar-refractivity contribution in [3.63, 3.8) is 0 Å². The highest BCUT2D eigenvalue weighted by atomic mass is 16.6. The molecule has 2 aliphatic rings. The number of carbonyl (C=O) groups is 2. The van der Waals surface area contributed by atoms with E-state index >= 15 is 0 Å². The summed E-state index contributed by atoms with van der Waals surface area (Å²) in [5.41, 5.74) is 0. The molecule has 2 atom stereocenters. The number of nitrogens with one attached hydrogen (secondary N) is 2. The first-order valence-corrected chi connectivity index (χ1v) is 6.74. The number of carbonyl (C=O) groups excluding carboxylic acids is 2. The molecular weight excluding hydrogens is 268 g/mol. The third kappa shape index (κ3) is 5.04. The smallest absolute Gasteiger partial charge is 0.417 e. The van der Waals surface area contributed by atoms with E-state index in [2.05, 4.69) is 10.6 Å². The first kappa shape index (κ1) is 15.2. The molecule has 8 nitrogen and oxygen atoms in total. The summed E-state index contributed by atoms with van der Waals surface area (Å²) >= 11 is 0. The summed E-state index contributed by atoms with van der Waals surface area (Å²) in [6, 6.07) is 0. The number of rotatable bonds is 4. The maximum absolute atomic E-state index is 11.4. The Hall–Kier alpha value is -1.22. The van der Waals surface area contributed by atoms with Gasteiger partial charge in [-0.05, 0) is 0 Å². The summed E-state index contributed by atoms with van der Waals surface area (Å²) in [5, 5.41) is 6.20. The van der Waals surface area contributed by atoms with Crippen LogP contribution in [0.3, 0.4) is 0 Å². The molecule has 8 heteroatoms. The first-order valence-electron chi connectivity index (χ1n) is 6.74. The Morgan fingerprint density at radius 3 is 1.70 bits per heavy atom. The standard InChI is InChI=1S/C12H20N2O6/c15-11(19-7-9-5-13-1-3-17-9)12(16)20-8-10-6-14-2-4-18-10/h9-10,13-14H,1-8H2. The molecule has 0 aliphatic carbocycles. The topological polar surface area (TPSA) is 95.1 Å². The Morgan fingerprint density at radius 1 is 0.900 bits per heavy atom. The van der Waals surface area contributed by atoms with Crippen LogP contribution in [0.25, 0.3) is 0 Å². The highest BCUT2D eigenvalue weighted by Crippen LogP contribution is 2.00. The zero-order valence-corrected chi connectivity index (χ0v) is 11.3. The molecule has 0 saturated carbocycles. The van der Waals surface area contributed by atoms with Gasteiger partial charge in [0.15, 0.2) is 0 Å². The molecular formula is C12H20N2O6. The average molecular weight is 288 g/mol. The zero-order valence-electron chi connectivity index (χ0n) is 11.3. The molecule has 0 aromatic carbocycles. The van der Waals surface area contributed by atoms with Crippen LogP contribution in [-0.4, -0.2) is 76.8 Å². The normalized spacial score (nSPS) is 26.8. The highest BCUT2D eigenvalue weighted by molar-refractivity contribution is 6.29. The van der Waals surface area contributed by atoms with Gasteiger partial charge in [0, 0.05) is 26.2 Å². The van der Waals surface area contributed by atoms with Crippen molar-refractivity contribution in [3.05, 3.63) is 0 Å². The van der Waals surface area contributed by atoms with E-state index in [1.807, 2.05) is 0 Å². The fraction of sp³-hybridized carbons (Fsp3) is 0.833. The third-order valence-corrected chi connectivity index (χ3v) is 2.98. The van der Waals surface area contributed by atoms with E-state index in [-0.39, 0.29) is 25.4 Å². The lowest BCUT2D eigenvalue weighted by atomic mass is 10.3. The minimum Gasteiger partial charge on any atom is -0.454 e. The van der Waals surface area contributed by atoms with Gasteiger partial charge < -0.3 is 29.6 Å². The molecule has 2 aliphatic heterocycles. The Kier molecular flexibility index (Phi) is 6.19. The Balaban J connectivity index is 1.59. The van der Waals surface area contributed by atoms with E-state index in [9.17, 15) is 9.59 Å². The van der Waals surface area contributed by atoms with Gasteiger partial charge in [0.1, 0.15) is 25.4 Å². The van der Waals surface area contributed by atoms with Crippen molar-refractivity contribution in [2.75, 3.05) is 52.6 Å². The van der Waals surface area contributed by atoms with Gasteiger partial charge in [-0.3, -0.25) is 0 Å². The van der Waals surface area contributed by atoms with Crippen LogP contribution in [-0.2, 0) is 28.5 Å². The fourth-order valence-corrected chi connectivity index (χ4v) is 1.91. The maximum atomic E-state index is 11.4. The van der Waals surface area contributed by atoms with E-state index in [1.165, 1.54) is 0 Å². The molecule has 2 heterocycles. The first-order chi connectivity index (χ1) is 9.75. The molecule has 0 aromatic rings. The lowest BCUT2D eigenvalue weighted by molar-refractivity contribution is -0.172. The van der Waals surface area contributed by atoms with Gasteiger partial charge >= 0.3 is 11.9 Å². The van der Waals surface area contributed by atoms with Crippen LogP contribution in [0.15, 0.2) is 0 Å². The summed E-state index contributed by atoms with van der Waals surface area (Å²) in [6.45, 7) is 3.99. The van der Waals surface area contributed by atoms with E-state index in [0.29, 0.717) is 26.3 Å². The van der Waals surface area contributed by atoms with Gasteiger partial charge in [-0.15, -0.1) is 0 Å². The lowest BCUT2D eigenvalue weighted by Crippen LogP contribution is -2.43. The molecule has 0 aromatic heterocycles. The molecule has 0 bridgehead atoms. The minimum absolute atomic E-state index is 0.0441. The second-order valence-electron chi connectivity index (χ2n) is 4.59. The fourth-order valence-electron chi connectivity index (χ4n) is 1.91. The predicted octanol–water partition coefficient (Wildman–Crippen LogP) is -1.95. The quantitative estimate of drug-likeness (QED) is 0.455. The average Bonchev–Trinajstić information content (AvgIpc) is 2.52. The van der Waals surface area contributed by atoms with Gasteiger partial charge in [-0.2, -0.15) is 0 Å². The van der Waals surface area contributed by atoms with Gasteiger partial charge in [0.05, 0.1) is 13.2 Å². The van der Waals surface area contributed by atoms with E-state index < -0.39 is 11.9 Å². The largest absolute Gasteiger partial charge is 0.454 e. The summed E-state index contributed by atoms with van der Waals surface area (Å²) in [5.74, 6) is -1.99. The number of hydrogen-bond acceptors (Lipinski definition) is 8. The molecule has 20 heavy (non-hydrogen) atoms. The summed E-state index contributed by atoms with van der Waals surface area (Å²) in [4.78, 5) is 22.9. The molecule has 2 rings (SSSR count). The second-order valence-corrected chi connectivity index (χ2v) is 4.59. The van der Waals surface area contributed by atoms with Crippen molar-refractivity contribution in [2.24, 2.45) is 0 Å². The van der Waals surface area contributed by atoms with Crippen molar-refractivity contribution < 1.29 is 28.5 Å². The monoisotopic (exact) mass is 288 g/mol. The Bertz CT molecular complexity index is 294. The van der Waals surface area contributed by atoms with Crippen LogP contribution < -0.4 is 10.6 Å². The molecule has 0 spiro atoms. The molecule has 2 unspecified atom stereocenters. The van der Waals surface area contributed by atoms with Crippen molar-refractivity contribution in [3.8, 4) is 0 Å². The van der Waals surface area contributed by atoms with Crippen LogP contribution in [0.5, 0.6) is 0 Å². The van der Waals surface area contributed by atoms with Crippen LogP contribution in [0, 0.1) is 0 Å². The van der Waals surface area contributed by atoms with Crippen LogP contribution in [0.4, 0.5) is 0 Å². The number of morpholine rings is 2. The van der Waals surface area contributed by atoms with Gasteiger partial charge in [-0.1, -0.05) is 0 Å². The van der Waals surface area contributed by atoms with Crippen molar-refractivity contribution in [1.29, 1.82) is 0 Å².